The average molecular weight is 301 g/mol. The summed E-state index contributed by atoms with van der Waals surface area (Å²) in [4.78, 5) is 13.6. The molecule has 0 aromatic carbocycles. The third-order valence-electron chi connectivity index (χ3n) is 4.24. The second-order valence-corrected chi connectivity index (χ2v) is 5.41. The molecule has 0 aromatic rings. The first-order valence-electron chi connectivity index (χ1n) is 6.48. The summed E-state index contributed by atoms with van der Waals surface area (Å²) in [6.07, 6.45) is -0.730. The molecule has 1 amide bonds. The van der Waals surface area contributed by atoms with E-state index in [9.17, 15) is 15.0 Å². The summed E-state index contributed by atoms with van der Waals surface area (Å²) in [6.45, 7) is 0.181. The molecule has 1 fully saturated rings. The van der Waals surface area contributed by atoms with E-state index >= 15 is 0 Å². The summed E-state index contributed by atoms with van der Waals surface area (Å²) < 4.78 is 6.22. The van der Waals surface area contributed by atoms with Gasteiger partial charge in [0.15, 0.2) is 6.04 Å². The van der Waals surface area contributed by atoms with E-state index in [4.69, 9.17) is 21.9 Å². The van der Waals surface area contributed by atoms with Crippen molar-refractivity contribution in [2.75, 3.05) is 13.2 Å². The molecule has 3 rings (SSSR count). The number of nitrogens with zero attached hydrogens (tertiary/aromatic N) is 1. The number of carbonyl (C=O) groups excluding carboxylic acids is 1. The van der Waals surface area contributed by atoms with Crippen molar-refractivity contribution in [3.8, 4) is 0 Å². The summed E-state index contributed by atoms with van der Waals surface area (Å²) in [5.74, 6) is 0.284. The molecule has 0 aromatic heterocycles. The molecular formula is C10H19N7O4+2. The molecule has 0 unspecified atom stereocenters. The number of primary amides is 1. The lowest BCUT2D eigenvalue weighted by atomic mass is 9.86. The Morgan fingerprint density at radius 1 is 1.52 bits per heavy atom. The van der Waals surface area contributed by atoms with Crippen LogP contribution in [-0.4, -0.2) is 69.5 Å². The second kappa shape index (κ2) is 4.11. The van der Waals surface area contributed by atoms with Gasteiger partial charge >= 0.3 is 18.0 Å². The van der Waals surface area contributed by atoms with Gasteiger partial charge in [-0.1, -0.05) is 0 Å². The molecule has 3 aliphatic heterocycles. The van der Waals surface area contributed by atoms with Crippen molar-refractivity contribution in [3.63, 3.8) is 0 Å². The van der Waals surface area contributed by atoms with Crippen LogP contribution < -0.4 is 32.8 Å². The molecule has 0 saturated carbocycles. The Hall–Kier alpha value is -2.27. The first-order valence-corrected chi connectivity index (χ1v) is 6.48. The lowest BCUT2D eigenvalue weighted by molar-refractivity contribution is -0.728. The fraction of sp³-hybridized carbons (Fsp3) is 0.700. The van der Waals surface area contributed by atoms with Crippen molar-refractivity contribution in [2.45, 2.75) is 30.0 Å². The molecule has 0 radical (unpaired) electrons. The summed E-state index contributed by atoms with van der Waals surface area (Å²) >= 11 is 0. The summed E-state index contributed by atoms with van der Waals surface area (Å²) in [5, 5.41) is 27.3. The summed E-state index contributed by atoms with van der Waals surface area (Å²) in [6, 6.07) is -1.39. The van der Waals surface area contributed by atoms with Crippen molar-refractivity contribution in [1.82, 2.24) is 10.6 Å². The predicted molar refractivity (Wildman–Crippen MR) is 68.4 cm³/mol. The molecule has 21 heavy (non-hydrogen) atoms. The third kappa shape index (κ3) is 1.70. The van der Waals surface area contributed by atoms with E-state index in [2.05, 4.69) is 15.6 Å². The number of hydrogen-bond donors (Lipinski definition) is 8. The minimum absolute atomic E-state index is 0.111. The number of amides is 1. The molecule has 3 heterocycles. The van der Waals surface area contributed by atoms with Gasteiger partial charge < -0.3 is 20.7 Å². The van der Waals surface area contributed by atoms with E-state index in [1.54, 1.807) is 0 Å². The zero-order valence-corrected chi connectivity index (χ0v) is 11.2. The van der Waals surface area contributed by atoms with Crippen LogP contribution in [0.15, 0.2) is 0 Å². The number of aliphatic hydroxyl groups is 2. The number of rotatable bonds is 2. The fourth-order valence-electron chi connectivity index (χ4n) is 3.30. The smallest absolute Gasteiger partial charge is 0.404 e. The number of nitrogens with one attached hydrogen (secondary N) is 3. The maximum atomic E-state index is 11.0. The highest BCUT2D eigenvalue weighted by Gasteiger charge is 2.73. The fourth-order valence-corrected chi connectivity index (χ4v) is 3.30. The highest BCUT2D eigenvalue weighted by molar-refractivity contribution is 5.76. The highest BCUT2D eigenvalue weighted by atomic mass is 16.5. The van der Waals surface area contributed by atoms with Gasteiger partial charge in [0.2, 0.25) is 0 Å². The molecule has 1 saturated heterocycles. The minimum atomic E-state index is -1.74. The third-order valence-corrected chi connectivity index (χ3v) is 4.24. The molecule has 3 aliphatic rings. The second-order valence-electron chi connectivity index (χ2n) is 5.41. The Morgan fingerprint density at radius 3 is 2.90 bits per heavy atom. The standard InChI is InChI=1S/C10H17N7O4/c11-6-15-5-4(3-21-8(13)18)14-7(12)17-2-1-9(19,16-6)10(5,17)20/h4-5,19-20H,1-3H2,(H7,11,12,13,14,15,16,18)/p+2/t4-,5-,9-,10-/m0/s1. The van der Waals surface area contributed by atoms with Crippen LogP contribution in [0.4, 0.5) is 4.79 Å². The maximum absolute atomic E-state index is 11.0. The number of hydrogen-bond acceptors (Lipinski definition) is 8. The predicted octanol–water partition coefficient (Wildman–Crippen LogP) is -6.47. The monoisotopic (exact) mass is 301 g/mol. The van der Waals surface area contributed by atoms with Crippen LogP contribution in [0.2, 0.25) is 0 Å². The summed E-state index contributed by atoms with van der Waals surface area (Å²) in [7, 11) is 0. The van der Waals surface area contributed by atoms with Gasteiger partial charge in [-0.25, -0.2) is 14.7 Å². The van der Waals surface area contributed by atoms with Crippen molar-refractivity contribution < 1.29 is 29.3 Å². The lowest BCUT2D eigenvalue weighted by Gasteiger charge is -2.44. The largest absolute Gasteiger partial charge is 0.446 e. The first kappa shape index (κ1) is 13.7. The van der Waals surface area contributed by atoms with E-state index in [1.807, 2.05) is 0 Å². The SMILES string of the molecule is NC(=O)OC[C@@H]1NC(N)=[N+]2CC[C@@]3(O)NC(N)=[NH+][C@@H]1[C@@]23O. The zero-order chi connectivity index (χ0) is 15.4. The van der Waals surface area contributed by atoms with Crippen LogP contribution in [-0.2, 0) is 4.74 Å². The quantitative estimate of drug-likeness (QED) is 0.231. The lowest BCUT2D eigenvalue weighted by Crippen LogP contribution is -3.02. The van der Waals surface area contributed by atoms with Crippen molar-refractivity contribution in [3.05, 3.63) is 0 Å². The van der Waals surface area contributed by atoms with Gasteiger partial charge in [0, 0.05) is 6.42 Å². The van der Waals surface area contributed by atoms with E-state index in [-0.39, 0.29) is 24.9 Å². The molecule has 0 spiro atoms. The van der Waals surface area contributed by atoms with E-state index < -0.39 is 29.6 Å². The van der Waals surface area contributed by atoms with Gasteiger partial charge in [0.25, 0.3) is 11.4 Å². The number of guanidine groups is 2. The zero-order valence-electron chi connectivity index (χ0n) is 11.2. The van der Waals surface area contributed by atoms with E-state index in [0.717, 1.165) is 0 Å². The molecular weight excluding hydrogens is 282 g/mol. The Bertz CT molecular complexity index is 564. The van der Waals surface area contributed by atoms with Crippen molar-refractivity contribution in [1.29, 1.82) is 0 Å². The van der Waals surface area contributed by atoms with Crippen molar-refractivity contribution >= 4 is 18.0 Å². The molecule has 0 aliphatic carbocycles. The summed E-state index contributed by atoms with van der Waals surface area (Å²) in [5.41, 5.74) is 13.2. The van der Waals surface area contributed by atoms with Gasteiger partial charge in [-0.05, 0) is 0 Å². The van der Waals surface area contributed by atoms with Crippen LogP contribution in [0.1, 0.15) is 6.42 Å². The average Bonchev–Trinajstić information content (AvgIpc) is 2.64. The highest BCUT2D eigenvalue weighted by Crippen LogP contribution is 2.36. The molecule has 116 valence electrons. The van der Waals surface area contributed by atoms with Gasteiger partial charge in [0.1, 0.15) is 12.6 Å². The number of nitrogens with two attached hydrogens (primary N) is 3. The molecule has 11 N–H and O–H groups in total. The minimum Gasteiger partial charge on any atom is -0.446 e. The molecule has 11 heteroatoms. The number of ether oxygens (including phenoxy) is 1. The maximum Gasteiger partial charge on any atom is 0.404 e. The van der Waals surface area contributed by atoms with Crippen LogP contribution in [0.3, 0.4) is 0 Å². The normalized spacial score (nSPS) is 40.8. The first-order chi connectivity index (χ1) is 9.78. The Kier molecular flexibility index (Phi) is 2.68. The van der Waals surface area contributed by atoms with Gasteiger partial charge in [0.05, 0.1) is 6.54 Å². The van der Waals surface area contributed by atoms with E-state index in [0.29, 0.717) is 6.54 Å². The Balaban J connectivity index is 2.03. The van der Waals surface area contributed by atoms with Gasteiger partial charge in [-0.15, -0.1) is 0 Å². The Morgan fingerprint density at radius 2 is 2.24 bits per heavy atom. The van der Waals surface area contributed by atoms with Gasteiger partial charge in [-0.2, -0.15) is 0 Å². The van der Waals surface area contributed by atoms with E-state index in [1.165, 1.54) is 4.58 Å². The topological polar surface area (TPSA) is 186 Å². The molecule has 4 atom stereocenters. The Labute approximate surface area is 119 Å². The van der Waals surface area contributed by atoms with Crippen LogP contribution in [0, 0.1) is 0 Å². The van der Waals surface area contributed by atoms with Crippen LogP contribution in [0.25, 0.3) is 0 Å². The van der Waals surface area contributed by atoms with Crippen LogP contribution in [0.5, 0.6) is 0 Å². The number of carbonyl (C=O) groups is 1. The van der Waals surface area contributed by atoms with Crippen LogP contribution >= 0.6 is 0 Å². The van der Waals surface area contributed by atoms with Crippen molar-refractivity contribution in [2.24, 2.45) is 17.2 Å². The molecule has 0 bridgehead atoms. The van der Waals surface area contributed by atoms with Gasteiger partial charge in [-0.3, -0.25) is 21.8 Å². The molecule has 11 nitrogen and oxygen atoms in total.